The number of para-hydroxylation sites is 2. The number of thioether (sulfide) groups is 1. The Bertz CT molecular complexity index is 2980. The van der Waals surface area contributed by atoms with Gasteiger partial charge in [0.1, 0.15) is 22.9 Å². The van der Waals surface area contributed by atoms with Gasteiger partial charge in [0.2, 0.25) is 5.16 Å². The molecule has 2 aliphatic rings. The van der Waals surface area contributed by atoms with Crippen molar-refractivity contribution in [1.29, 1.82) is 0 Å². The van der Waals surface area contributed by atoms with Gasteiger partial charge in [-0.2, -0.15) is 4.68 Å². The first-order chi connectivity index (χ1) is 30.1. The number of allylic oxidation sites excluding steroid dienone is 1. The SMILES string of the molecule is CC1=C(C)C(COc2ccc(CSc3nnnn3-c3ccccc3)cc2Cl)c2ccc(C)cc21.Cc1ccc2c(c1)-c1ccccc1C2C(C)OC(=O)n1nnc2ccccc21. The van der Waals surface area contributed by atoms with E-state index in [1.54, 1.807) is 16.4 Å². The Labute approximate surface area is 369 Å². The summed E-state index contributed by atoms with van der Waals surface area (Å²) in [6.07, 6.45) is -0.861. The van der Waals surface area contributed by atoms with Crippen LogP contribution in [0.4, 0.5) is 4.79 Å². The molecule has 0 amide bonds. The minimum absolute atomic E-state index is 0.00876. The van der Waals surface area contributed by atoms with Crippen molar-refractivity contribution in [2.24, 2.45) is 0 Å². The lowest BCUT2D eigenvalue weighted by Crippen LogP contribution is -2.26. The molecule has 0 radical (unpaired) electrons. The molecule has 10 rings (SSSR count). The number of aryl methyl sites for hydroxylation is 2. The molecule has 12 heteroatoms. The molecular weight excluding hydrogens is 814 g/mol. The number of hydrogen-bond acceptors (Lipinski definition) is 9. The van der Waals surface area contributed by atoms with Crippen LogP contribution in [0.1, 0.15) is 71.6 Å². The molecule has 0 spiro atoms. The van der Waals surface area contributed by atoms with Crippen LogP contribution in [-0.2, 0) is 10.5 Å². The lowest BCUT2D eigenvalue weighted by atomic mass is 9.92. The molecule has 2 aromatic heterocycles. The Kier molecular flexibility index (Phi) is 11.5. The molecule has 6 aromatic carbocycles. The normalized spacial score (nSPS) is 15.4. The molecule has 0 N–H and O–H groups in total. The Morgan fingerprint density at radius 1 is 0.742 bits per heavy atom. The highest BCUT2D eigenvalue weighted by molar-refractivity contribution is 7.98. The van der Waals surface area contributed by atoms with Gasteiger partial charge in [0.15, 0.2) is 0 Å². The molecule has 0 bridgehead atoms. The molecular formula is C50H44ClN7O3S. The summed E-state index contributed by atoms with van der Waals surface area (Å²) in [5.74, 6) is 1.64. The van der Waals surface area contributed by atoms with E-state index in [9.17, 15) is 4.79 Å². The van der Waals surface area contributed by atoms with Gasteiger partial charge in [-0.15, -0.1) is 14.9 Å². The van der Waals surface area contributed by atoms with Crippen LogP contribution in [-0.4, -0.2) is 54.0 Å². The van der Waals surface area contributed by atoms with Crippen molar-refractivity contribution in [1.82, 2.24) is 35.2 Å². The van der Waals surface area contributed by atoms with E-state index in [2.05, 4.69) is 102 Å². The van der Waals surface area contributed by atoms with E-state index in [1.807, 2.05) is 91.9 Å². The minimum atomic E-state index is -0.515. The monoisotopic (exact) mass is 857 g/mol. The highest BCUT2D eigenvalue weighted by Gasteiger charge is 2.35. The van der Waals surface area contributed by atoms with Gasteiger partial charge in [-0.3, -0.25) is 0 Å². The van der Waals surface area contributed by atoms with Crippen LogP contribution in [0.25, 0.3) is 33.4 Å². The fourth-order valence-electron chi connectivity index (χ4n) is 8.43. The van der Waals surface area contributed by atoms with Gasteiger partial charge in [0, 0.05) is 17.6 Å². The Morgan fingerprint density at radius 2 is 1.45 bits per heavy atom. The zero-order valence-electron chi connectivity index (χ0n) is 35.0. The summed E-state index contributed by atoms with van der Waals surface area (Å²) < 4.78 is 15.0. The standard InChI is InChI=1S/C27H25ClN4OS.C23H19N3O2/c1-17-9-11-22-23(13-17)18(2)19(3)24(22)15-33-26-12-10-20(14-25(26)28)16-34-27-29-30-31-32(27)21-7-5-4-6-8-21;1-14-11-12-18-19(13-14)16-7-3-4-8-17(16)22(18)15(2)28-23(27)26-21-10-6-5-9-20(21)24-25-26/h4-14,24H,15-16H2,1-3H3;3-13,15,22H,1-2H3. The number of aromatic nitrogens is 7. The number of carbonyl (C=O) groups excluding carboxylic acids is 1. The maximum Gasteiger partial charge on any atom is 0.437 e. The molecule has 3 atom stereocenters. The Balaban J connectivity index is 0.000000161. The smallest absolute Gasteiger partial charge is 0.437 e. The summed E-state index contributed by atoms with van der Waals surface area (Å²) >= 11 is 8.16. The number of carbonyl (C=O) groups is 1. The van der Waals surface area contributed by atoms with E-state index in [-0.39, 0.29) is 17.9 Å². The summed E-state index contributed by atoms with van der Waals surface area (Å²) in [4.78, 5) is 12.8. The van der Waals surface area contributed by atoms with Crippen molar-refractivity contribution >= 4 is 46.1 Å². The number of ether oxygens (including phenoxy) is 2. The summed E-state index contributed by atoms with van der Waals surface area (Å²) in [6, 6.07) is 44.6. The van der Waals surface area contributed by atoms with Crippen LogP contribution in [0.5, 0.6) is 5.75 Å². The molecule has 0 saturated heterocycles. The van der Waals surface area contributed by atoms with Crippen molar-refractivity contribution in [3.05, 3.63) is 183 Å². The second-order valence-corrected chi connectivity index (χ2v) is 17.1. The largest absolute Gasteiger partial charge is 0.491 e. The van der Waals surface area contributed by atoms with E-state index < -0.39 is 6.09 Å². The van der Waals surface area contributed by atoms with Crippen LogP contribution >= 0.6 is 23.4 Å². The molecule has 0 saturated carbocycles. The van der Waals surface area contributed by atoms with Crippen molar-refractivity contribution < 1.29 is 14.3 Å². The first-order valence-electron chi connectivity index (χ1n) is 20.5. The maximum absolute atomic E-state index is 12.8. The molecule has 2 heterocycles. The molecule has 3 unspecified atom stereocenters. The summed E-state index contributed by atoms with van der Waals surface area (Å²) in [5.41, 5.74) is 16.0. The van der Waals surface area contributed by atoms with Crippen molar-refractivity contribution in [2.45, 2.75) is 63.5 Å². The summed E-state index contributed by atoms with van der Waals surface area (Å²) in [5, 5.41) is 21.4. The second-order valence-electron chi connectivity index (χ2n) is 15.8. The zero-order valence-corrected chi connectivity index (χ0v) is 36.6. The fourth-order valence-corrected chi connectivity index (χ4v) is 9.53. The van der Waals surface area contributed by atoms with Crippen LogP contribution in [0.15, 0.2) is 144 Å². The topological polar surface area (TPSA) is 110 Å². The van der Waals surface area contributed by atoms with Crippen LogP contribution in [0.2, 0.25) is 5.02 Å². The van der Waals surface area contributed by atoms with Gasteiger partial charge in [-0.1, -0.05) is 142 Å². The van der Waals surface area contributed by atoms with E-state index >= 15 is 0 Å². The number of rotatable bonds is 9. The molecule has 62 heavy (non-hydrogen) atoms. The highest BCUT2D eigenvalue weighted by Crippen LogP contribution is 2.47. The molecule has 10 nitrogen and oxygen atoms in total. The summed E-state index contributed by atoms with van der Waals surface area (Å²) in [7, 11) is 0. The van der Waals surface area contributed by atoms with Gasteiger partial charge in [0.25, 0.3) is 0 Å². The average molecular weight is 858 g/mol. The third-order valence-electron chi connectivity index (χ3n) is 11.7. The molecule has 0 aliphatic heterocycles. The number of fused-ring (bicyclic) bond motifs is 5. The van der Waals surface area contributed by atoms with Crippen LogP contribution < -0.4 is 4.74 Å². The molecule has 0 fully saturated rings. The second kappa shape index (κ2) is 17.4. The quantitative estimate of drug-likeness (QED) is 0.131. The third-order valence-corrected chi connectivity index (χ3v) is 13.0. The van der Waals surface area contributed by atoms with Crippen molar-refractivity contribution in [3.8, 4) is 22.6 Å². The predicted molar refractivity (Wildman–Crippen MR) is 245 cm³/mol. The van der Waals surface area contributed by atoms with Gasteiger partial charge in [-0.05, 0) is 126 Å². The van der Waals surface area contributed by atoms with Crippen molar-refractivity contribution in [2.75, 3.05) is 6.61 Å². The lowest BCUT2D eigenvalue weighted by molar-refractivity contribution is 0.0979. The predicted octanol–water partition coefficient (Wildman–Crippen LogP) is 11.8. The van der Waals surface area contributed by atoms with Crippen LogP contribution in [0, 0.1) is 13.8 Å². The first kappa shape index (κ1) is 40.8. The van der Waals surface area contributed by atoms with E-state index in [1.165, 1.54) is 60.3 Å². The van der Waals surface area contributed by atoms with Crippen LogP contribution in [0.3, 0.4) is 0 Å². The maximum atomic E-state index is 12.8. The van der Waals surface area contributed by atoms with Gasteiger partial charge < -0.3 is 9.47 Å². The Morgan fingerprint density at radius 3 is 2.26 bits per heavy atom. The highest BCUT2D eigenvalue weighted by atomic mass is 35.5. The lowest BCUT2D eigenvalue weighted by Gasteiger charge is -2.22. The number of nitrogens with zero attached hydrogens (tertiary/aromatic N) is 7. The molecule has 310 valence electrons. The number of halogens is 1. The van der Waals surface area contributed by atoms with Crippen molar-refractivity contribution in [3.63, 3.8) is 0 Å². The average Bonchev–Trinajstić information content (AvgIpc) is 4.07. The van der Waals surface area contributed by atoms with Gasteiger partial charge >= 0.3 is 6.09 Å². The number of benzene rings is 6. The number of tetrazole rings is 1. The summed E-state index contributed by atoms with van der Waals surface area (Å²) in [6.45, 7) is 11.1. The minimum Gasteiger partial charge on any atom is -0.491 e. The zero-order chi connectivity index (χ0) is 42.9. The molecule has 8 aromatic rings. The first-order valence-corrected chi connectivity index (χ1v) is 21.9. The van der Waals surface area contributed by atoms with E-state index in [0.717, 1.165) is 16.4 Å². The Hall–Kier alpha value is -6.56. The van der Waals surface area contributed by atoms with Gasteiger partial charge in [0.05, 0.1) is 17.3 Å². The fraction of sp³-hybridized carbons (Fsp3) is 0.200. The molecule has 2 aliphatic carbocycles. The number of hydrogen-bond donors (Lipinski definition) is 0. The third kappa shape index (κ3) is 8.01. The van der Waals surface area contributed by atoms with E-state index in [4.69, 9.17) is 21.1 Å². The van der Waals surface area contributed by atoms with E-state index in [0.29, 0.717) is 34.2 Å². The van der Waals surface area contributed by atoms with Gasteiger partial charge in [-0.25, -0.2) is 4.79 Å².